The zero-order chi connectivity index (χ0) is 10.9. The molecule has 1 aliphatic carbocycles. The van der Waals surface area contributed by atoms with Gasteiger partial charge in [-0.25, -0.2) is 0 Å². The molecule has 0 aliphatic heterocycles. The van der Waals surface area contributed by atoms with Crippen molar-refractivity contribution in [1.29, 1.82) is 0 Å². The van der Waals surface area contributed by atoms with Crippen molar-refractivity contribution in [2.24, 2.45) is 5.92 Å². The maximum absolute atomic E-state index is 4.37. The zero-order valence-electron chi connectivity index (χ0n) is 9.95. The number of nitrogens with zero attached hydrogens (tertiary/aromatic N) is 2. The van der Waals surface area contributed by atoms with E-state index in [0.717, 1.165) is 19.0 Å². The molecule has 1 N–H and O–H groups in total. The second-order valence-corrected chi connectivity index (χ2v) is 5.62. The van der Waals surface area contributed by atoms with E-state index >= 15 is 0 Å². The van der Waals surface area contributed by atoms with Crippen molar-refractivity contribution in [3.63, 3.8) is 0 Å². The summed E-state index contributed by atoms with van der Waals surface area (Å²) in [6, 6.07) is 0. The quantitative estimate of drug-likeness (QED) is 0.820. The van der Waals surface area contributed by atoms with Crippen LogP contribution < -0.4 is 5.32 Å². The molecule has 1 saturated carbocycles. The Morgan fingerprint density at radius 3 is 2.80 bits per heavy atom. The highest BCUT2D eigenvalue weighted by atomic mass is 15.3. The van der Waals surface area contributed by atoms with Crippen LogP contribution in [0.2, 0.25) is 0 Å². The van der Waals surface area contributed by atoms with Crippen LogP contribution in [0.4, 0.5) is 0 Å². The smallest absolute Gasteiger partial charge is 0.0534 e. The van der Waals surface area contributed by atoms with E-state index in [4.69, 9.17) is 0 Å². The molecule has 0 aromatic carbocycles. The van der Waals surface area contributed by atoms with E-state index in [-0.39, 0.29) is 5.54 Å². The minimum atomic E-state index is 0.179. The molecule has 0 amide bonds. The van der Waals surface area contributed by atoms with Gasteiger partial charge in [0.05, 0.1) is 6.20 Å². The molecule has 1 aromatic rings. The first-order valence-corrected chi connectivity index (χ1v) is 5.79. The molecule has 0 atom stereocenters. The maximum Gasteiger partial charge on any atom is 0.0534 e. The van der Waals surface area contributed by atoms with Crippen LogP contribution in [0, 0.1) is 5.92 Å². The van der Waals surface area contributed by atoms with Crippen LogP contribution in [0.15, 0.2) is 12.4 Å². The fourth-order valence-electron chi connectivity index (χ4n) is 1.53. The summed E-state index contributed by atoms with van der Waals surface area (Å²) in [5, 5.41) is 7.84. The lowest BCUT2D eigenvalue weighted by Crippen LogP contribution is -2.34. The second-order valence-electron chi connectivity index (χ2n) is 5.62. The lowest BCUT2D eigenvalue weighted by molar-refractivity contribution is 0.424. The molecule has 1 aliphatic rings. The molecule has 1 heterocycles. The fraction of sp³-hybridized carbons (Fsp3) is 0.750. The van der Waals surface area contributed by atoms with Gasteiger partial charge in [-0.2, -0.15) is 5.10 Å². The molecule has 0 bridgehead atoms. The molecule has 84 valence electrons. The number of rotatable bonds is 4. The van der Waals surface area contributed by atoms with Crippen molar-refractivity contribution in [2.75, 3.05) is 0 Å². The lowest BCUT2D eigenvalue weighted by Gasteiger charge is -2.19. The third-order valence-electron chi connectivity index (χ3n) is 2.65. The molecular weight excluding hydrogens is 186 g/mol. The summed E-state index contributed by atoms with van der Waals surface area (Å²) < 4.78 is 2.08. The topological polar surface area (TPSA) is 29.9 Å². The molecule has 1 aromatic heterocycles. The van der Waals surface area contributed by atoms with Gasteiger partial charge in [-0.3, -0.25) is 4.68 Å². The van der Waals surface area contributed by atoms with Gasteiger partial charge in [0.2, 0.25) is 0 Å². The van der Waals surface area contributed by atoms with Crippen LogP contribution in [0.1, 0.15) is 39.2 Å². The summed E-state index contributed by atoms with van der Waals surface area (Å²) in [7, 11) is 0. The van der Waals surface area contributed by atoms with E-state index < -0.39 is 0 Å². The summed E-state index contributed by atoms with van der Waals surface area (Å²) >= 11 is 0. The normalized spacial score (nSPS) is 17.0. The zero-order valence-corrected chi connectivity index (χ0v) is 9.95. The van der Waals surface area contributed by atoms with Crippen LogP contribution in [0.5, 0.6) is 0 Å². The third kappa shape index (κ3) is 3.67. The van der Waals surface area contributed by atoms with Crippen molar-refractivity contribution in [1.82, 2.24) is 15.1 Å². The summed E-state index contributed by atoms with van der Waals surface area (Å²) in [5.41, 5.74) is 1.46. The van der Waals surface area contributed by atoms with E-state index in [1.165, 1.54) is 18.4 Å². The Morgan fingerprint density at radius 1 is 1.47 bits per heavy atom. The van der Waals surface area contributed by atoms with Gasteiger partial charge in [0.1, 0.15) is 0 Å². The molecule has 3 heteroatoms. The van der Waals surface area contributed by atoms with Gasteiger partial charge in [0.25, 0.3) is 0 Å². The Balaban J connectivity index is 1.83. The molecule has 1 fully saturated rings. The minimum absolute atomic E-state index is 0.179. The van der Waals surface area contributed by atoms with Gasteiger partial charge in [-0.05, 0) is 39.5 Å². The standard InChI is InChI=1S/C12H21N3/c1-12(2,3)13-6-11-7-14-15(9-11)8-10-4-5-10/h7,9-10,13H,4-6,8H2,1-3H3. The highest BCUT2D eigenvalue weighted by molar-refractivity contribution is 5.04. The van der Waals surface area contributed by atoms with Crippen LogP contribution in [-0.2, 0) is 13.1 Å². The van der Waals surface area contributed by atoms with Gasteiger partial charge < -0.3 is 5.32 Å². The monoisotopic (exact) mass is 207 g/mol. The van der Waals surface area contributed by atoms with Crippen molar-refractivity contribution in [3.05, 3.63) is 18.0 Å². The molecule has 0 spiro atoms. The molecule has 0 unspecified atom stereocenters. The Morgan fingerprint density at radius 2 is 2.20 bits per heavy atom. The van der Waals surface area contributed by atoms with Gasteiger partial charge in [0.15, 0.2) is 0 Å². The predicted octanol–water partition coefficient (Wildman–Crippen LogP) is 2.18. The molecule has 0 saturated heterocycles. The summed E-state index contributed by atoms with van der Waals surface area (Å²) in [5.74, 6) is 0.897. The lowest BCUT2D eigenvalue weighted by atomic mass is 10.1. The maximum atomic E-state index is 4.37. The fourth-order valence-corrected chi connectivity index (χ4v) is 1.53. The first kappa shape index (κ1) is 10.7. The summed E-state index contributed by atoms with van der Waals surface area (Å²) in [4.78, 5) is 0. The van der Waals surface area contributed by atoms with E-state index in [0.29, 0.717) is 0 Å². The average Bonchev–Trinajstić information content (AvgIpc) is 2.79. The Bertz CT molecular complexity index is 318. The Labute approximate surface area is 91.9 Å². The Kier molecular flexibility index (Phi) is 2.83. The van der Waals surface area contributed by atoms with Crippen molar-refractivity contribution < 1.29 is 0 Å². The average molecular weight is 207 g/mol. The molecular formula is C12H21N3. The second kappa shape index (κ2) is 3.97. The number of aromatic nitrogens is 2. The summed E-state index contributed by atoms with van der Waals surface area (Å²) in [6.07, 6.45) is 6.91. The van der Waals surface area contributed by atoms with E-state index in [9.17, 15) is 0 Å². The SMILES string of the molecule is CC(C)(C)NCc1cnn(CC2CC2)c1. The summed E-state index contributed by atoms with van der Waals surface area (Å²) in [6.45, 7) is 8.56. The number of hydrogen-bond donors (Lipinski definition) is 1. The number of nitrogens with one attached hydrogen (secondary N) is 1. The first-order chi connectivity index (χ1) is 7.03. The predicted molar refractivity (Wildman–Crippen MR) is 61.5 cm³/mol. The Hall–Kier alpha value is -0.830. The van der Waals surface area contributed by atoms with Gasteiger partial charge in [0, 0.05) is 30.4 Å². The van der Waals surface area contributed by atoms with Crippen LogP contribution in [0.3, 0.4) is 0 Å². The van der Waals surface area contributed by atoms with E-state index in [1.807, 2.05) is 6.20 Å². The van der Waals surface area contributed by atoms with Gasteiger partial charge >= 0.3 is 0 Å². The van der Waals surface area contributed by atoms with Gasteiger partial charge in [-0.1, -0.05) is 0 Å². The van der Waals surface area contributed by atoms with Gasteiger partial charge in [-0.15, -0.1) is 0 Å². The highest BCUT2D eigenvalue weighted by Crippen LogP contribution is 2.30. The molecule has 2 rings (SSSR count). The van der Waals surface area contributed by atoms with E-state index in [1.54, 1.807) is 0 Å². The van der Waals surface area contributed by atoms with Crippen LogP contribution in [0.25, 0.3) is 0 Å². The van der Waals surface area contributed by atoms with Crippen molar-refractivity contribution in [2.45, 2.75) is 52.2 Å². The highest BCUT2D eigenvalue weighted by Gasteiger charge is 2.21. The number of hydrogen-bond acceptors (Lipinski definition) is 2. The molecule has 3 nitrogen and oxygen atoms in total. The van der Waals surface area contributed by atoms with Crippen molar-refractivity contribution in [3.8, 4) is 0 Å². The minimum Gasteiger partial charge on any atom is -0.308 e. The molecule has 15 heavy (non-hydrogen) atoms. The third-order valence-corrected chi connectivity index (χ3v) is 2.65. The van der Waals surface area contributed by atoms with Crippen LogP contribution in [-0.4, -0.2) is 15.3 Å². The molecule has 0 radical (unpaired) electrons. The largest absolute Gasteiger partial charge is 0.308 e. The van der Waals surface area contributed by atoms with E-state index in [2.05, 4.69) is 42.1 Å². The van der Waals surface area contributed by atoms with Crippen LogP contribution >= 0.6 is 0 Å². The first-order valence-electron chi connectivity index (χ1n) is 5.79. The van der Waals surface area contributed by atoms with Crippen molar-refractivity contribution >= 4 is 0 Å².